The van der Waals surface area contributed by atoms with Gasteiger partial charge in [-0.3, -0.25) is 4.68 Å². The normalized spacial score (nSPS) is 10.9. The van der Waals surface area contributed by atoms with Crippen molar-refractivity contribution >= 4 is 17.4 Å². The molecule has 0 bridgehead atoms. The van der Waals surface area contributed by atoms with Crippen molar-refractivity contribution in [1.29, 1.82) is 0 Å². The monoisotopic (exact) mass is 295 g/mol. The second-order valence-electron chi connectivity index (χ2n) is 4.69. The molecule has 0 saturated carbocycles. The smallest absolute Gasteiger partial charge is 0.171 e. The highest BCUT2D eigenvalue weighted by Gasteiger charge is 2.21. The second-order valence-corrected chi connectivity index (χ2v) is 5.09. The van der Waals surface area contributed by atoms with Gasteiger partial charge < -0.3 is 15.2 Å². The summed E-state index contributed by atoms with van der Waals surface area (Å²) in [5.74, 6) is 1.71. The van der Waals surface area contributed by atoms with Gasteiger partial charge >= 0.3 is 0 Å². The summed E-state index contributed by atoms with van der Waals surface area (Å²) < 4.78 is 12.8. The van der Waals surface area contributed by atoms with Crippen LogP contribution in [0.3, 0.4) is 0 Å². The number of nitrogens with two attached hydrogens (primary N) is 1. The third kappa shape index (κ3) is 2.54. The van der Waals surface area contributed by atoms with E-state index >= 15 is 0 Å². The van der Waals surface area contributed by atoms with Gasteiger partial charge in [0.1, 0.15) is 5.82 Å². The van der Waals surface area contributed by atoms with Crippen LogP contribution >= 0.6 is 11.6 Å². The molecular formula is C14H18ClN3O2. The zero-order valence-corrected chi connectivity index (χ0v) is 12.7. The number of aromatic nitrogens is 2. The summed E-state index contributed by atoms with van der Waals surface area (Å²) in [6.45, 7) is 3.88. The minimum Gasteiger partial charge on any atom is -0.493 e. The average molecular weight is 296 g/mol. The van der Waals surface area contributed by atoms with Gasteiger partial charge in [-0.05, 0) is 26.0 Å². The molecule has 6 heteroatoms. The Hall–Kier alpha value is -1.88. The molecule has 0 saturated heterocycles. The Morgan fingerprint density at radius 1 is 1.35 bits per heavy atom. The summed E-state index contributed by atoms with van der Waals surface area (Å²) in [5.41, 5.74) is 7.47. The maximum atomic E-state index is 6.33. The van der Waals surface area contributed by atoms with Crippen LogP contribution in [0.15, 0.2) is 18.3 Å². The van der Waals surface area contributed by atoms with Gasteiger partial charge in [0.25, 0.3) is 0 Å². The number of nitrogens with zero attached hydrogens (tertiary/aromatic N) is 2. The lowest BCUT2D eigenvalue weighted by atomic mass is 10.1. The standard InChI is InChI=1S/C14H18ClN3O2/c1-8(2)20-13-11(19-4)6-5-10(15)12(13)9-7-17-18(3)14(9)16/h5-8H,16H2,1-4H3. The first-order valence-electron chi connectivity index (χ1n) is 6.26. The Balaban J connectivity index is 2.69. The lowest BCUT2D eigenvalue weighted by molar-refractivity contribution is 0.231. The molecule has 0 aliphatic heterocycles. The van der Waals surface area contributed by atoms with Crippen LogP contribution < -0.4 is 15.2 Å². The van der Waals surface area contributed by atoms with E-state index < -0.39 is 0 Å². The number of nitrogen functional groups attached to an aromatic ring is 1. The summed E-state index contributed by atoms with van der Waals surface area (Å²) in [4.78, 5) is 0. The number of benzene rings is 1. The first kappa shape index (κ1) is 14.5. The van der Waals surface area contributed by atoms with Crippen LogP contribution in [-0.4, -0.2) is 23.0 Å². The van der Waals surface area contributed by atoms with Crippen molar-refractivity contribution in [2.75, 3.05) is 12.8 Å². The van der Waals surface area contributed by atoms with E-state index in [1.807, 2.05) is 13.8 Å². The van der Waals surface area contributed by atoms with Gasteiger partial charge in [0.05, 0.1) is 30.0 Å². The molecule has 0 fully saturated rings. The number of hydrogen-bond donors (Lipinski definition) is 1. The van der Waals surface area contributed by atoms with E-state index in [2.05, 4.69) is 5.10 Å². The van der Waals surface area contributed by atoms with Gasteiger partial charge in [-0.25, -0.2) is 0 Å². The van der Waals surface area contributed by atoms with E-state index in [1.54, 1.807) is 37.2 Å². The first-order chi connectivity index (χ1) is 9.45. The van der Waals surface area contributed by atoms with Crippen LogP contribution in [0.1, 0.15) is 13.8 Å². The van der Waals surface area contributed by atoms with Crippen molar-refractivity contribution in [1.82, 2.24) is 9.78 Å². The summed E-state index contributed by atoms with van der Waals surface area (Å²) in [6, 6.07) is 3.53. The van der Waals surface area contributed by atoms with Gasteiger partial charge in [-0.2, -0.15) is 5.10 Å². The quantitative estimate of drug-likeness (QED) is 0.941. The molecule has 1 aromatic heterocycles. The average Bonchev–Trinajstić information content (AvgIpc) is 2.71. The van der Waals surface area contributed by atoms with Crippen LogP contribution in [0.25, 0.3) is 11.1 Å². The van der Waals surface area contributed by atoms with Crippen molar-refractivity contribution in [2.45, 2.75) is 20.0 Å². The highest BCUT2D eigenvalue weighted by Crippen LogP contribution is 2.45. The number of methoxy groups -OCH3 is 1. The fourth-order valence-corrected chi connectivity index (χ4v) is 2.19. The molecule has 5 nitrogen and oxygen atoms in total. The second kappa shape index (κ2) is 5.63. The van der Waals surface area contributed by atoms with E-state index in [9.17, 15) is 0 Å². The van der Waals surface area contributed by atoms with Crippen molar-refractivity contribution in [3.05, 3.63) is 23.4 Å². The van der Waals surface area contributed by atoms with Gasteiger partial charge in [-0.1, -0.05) is 11.6 Å². The van der Waals surface area contributed by atoms with Gasteiger partial charge in [0.2, 0.25) is 0 Å². The molecule has 0 amide bonds. The number of halogens is 1. The van der Waals surface area contributed by atoms with Crippen LogP contribution in [-0.2, 0) is 7.05 Å². The number of aryl methyl sites for hydroxylation is 1. The Morgan fingerprint density at radius 2 is 2.05 bits per heavy atom. The van der Waals surface area contributed by atoms with E-state index in [1.165, 1.54) is 0 Å². The van der Waals surface area contributed by atoms with Crippen molar-refractivity contribution in [2.24, 2.45) is 7.05 Å². The summed E-state index contributed by atoms with van der Waals surface area (Å²) >= 11 is 6.33. The van der Waals surface area contributed by atoms with E-state index in [0.717, 1.165) is 5.56 Å². The minimum absolute atomic E-state index is 0.0148. The van der Waals surface area contributed by atoms with Crippen molar-refractivity contribution in [3.8, 4) is 22.6 Å². The molecular weight excluding hydrogens is 278 g/mol. The predicted octanol–water partition coefficient (Wildman–Crippen LogP) is 3.12. The van der Waals surface area contributed by atoms with Gasteiger partial charge in [0.15, 0.2) is 11.5 Å². The molecule has 0 radical (unpaired) electrons. The third-order valence-corrected chi connectivity index (χ3v) is 3.21. The number of rotatable bonds is 4. The largest absolute Gasteiger partial charge is 0.493 e. The molecule has 0 aliphatic rings. The van der Waals surface area contributed by atoms with Gasteiger partial charge in [-0.15, -0.1) is 0 Å². The fourth-order valence-electron chi connectivity index (χ4n) is 1.94. The highest BCUT2D eigenvalue weighted by atomic mass is 35.5. The lowest BCUT2D eigenvalue weighted by Crippen LogP contribution is -2.08. The molecule has 0 atom stereocenters. The number of hydrogen-bond acceptors (Lipinski definition) is 4. The number of ether oxygens (including phenoxy) is 2. The summed E-state index contributed by atoms with van der Waals surface area (Å²) in [7, 11) is 3.36. The van der Waals surface area contributed by atoms with Crippen LogP contribution in [0, 0.1) is 0 Å². The fraction of sp³-hybridized carbons (Fsp3) is 0.357. The SMILES string of the molecule is COc1ccc(Cl)c(-c2cnn(C)c2N)c1OC(C)C. The molecule has 1 heterocycles. The molecule has 2 N–H and O–H groups in total. The predicted molar refractivity (Wildman–Crippen MR) is 80.4 cm³/mol. The van der Waals surface area contributed by atoms with Crippen LogP contribution in [0.4, 0.5) is 5.82 Å². The topological polar surface area (TPSA) is 62.3 Å². The molecule has 0 unspecified atom stereocenters. The van der Waals surface area contributed by atoms with Crippen LogP contribution in [0.2, 0.25) is 5.02 Å². The Morgan fingerprint density at radius 3 is 2.55 bits per heavy atom. The van der Waals surface area contributed by atoms with E-state index in [4.69, 9.17) is 26.8 Å². The third-order valence-electron chi connectivity index (χ3n) is 2.90. The van der Waals surface area contributed by atoms with E-state index in [-0.39, 0.29) is 6.10 Å². The maximum absolute atomic E-state index is 6.33. The van der Waals surface area contributed by atoms with Crippen LogP contribution in [0.5, 0.6) is 11.5 Å². The minimum atomic E-state index is -0.0148. The molecule has 2 aromatic rings. The van der Waals surface area contributed by atoms with Crippen molar-refractivity contribution < 1.29 is 9.47 Å². The Labute approximate surface area is 123 Å². The maximum Gasteiger partial charge on any atom is 0.171 e. The molecule has 108 valence electrons. The van der Waals surface area contributed by atoms with Crippen molar-refractivity contribution in [3.63, 3.8) is 0 Å². The summed E-state index contributed by atoms with van der Waals surface area (Å²) in [5, 5.41) is 4.69. The summed E-state index contributed by atoms with van der Waals surface area (Å²) in [6.07, 6.45) is 1.66. The molecule has 1 aromatic carbocycles. The molecule has 2 rings (SSSR count). The molecule has 0 aliphatic carbocycles. The first-order valence-corrected chi connectivity index (χ1v) is 6.64. The van der Waals surface area contributed by atoms with E-state index in [0.29, 0.717) is 27.9 Å². The Bertz CT molecular complexity index is 623. The Kier molecular flexibility index (Phi) is 4.09. The molecule has 0 spiro atoms. The molecule has 20 heavy (non-hydrogen) atoms. The van der Waals surface area contributed by atoms with Gasteiger partial charge in [0, 0.05) is 12.6 Å². The lowest BCUT2D eigenvalue weighted by Gasteiger charge is -2.18. The zero-order chi connectivity index (χ0) is 14.9. The zero-order valence-electron chi connectivity index (χ0n) is 12.0. The number of anilines is 1. The highest BCUT2D eigenvalue weighted by molar-refractivity contribution is 6.34.